The van der Waals surface area contributed by atoms with Gasteiger partial charge in [-0.15, -0.1) is 21.5 Å². The summed E-state index contributed by atoms with van der Waals surface area (Å²) in [4.78, 5) is 13.4. The van der Waals surface area contributed by atoms with Gasteiger partial charge in [-0.25, -0.2) is 0 Å². The summed E-state index contributed by atoms with van der Waals surface area (Å²) in [6, 6.07) is 21.7. The summed E-state index contributed by atoms with van der Waals surface area (Å²) in [6.07, 6.45) is 0. The molecule has 4 aromatic rings. The Labute approximate surface area is 159 Å². The van der Waals surface area contributed by atoms with Gasteiger partial charge in [0.05, 0.1) is 10.6 Å². The second kappa shape index (κ2) is 7.68. The van der Waals surface area contributed by atoms with E-state index in [-0.39, 0.29) is 11.7 Å². The zero-order valence-electron chi connectivity index (χ0n) is 13.8. The maximum absolute atomic E-state index is 12.3. The Morgan fingerprint density at radius 1 is 0.962 bits per heavy atom. The van der Waals surface area contributed by atoms with Crippen molar-refractivity contribution in [3.05, 3.63) is 72.1 Å². The fourth-order valence-corrected chi connectivity index (χ4v) is 3.92. The third-order valence-electron chi connectivity index (χ3n) is 3.83. The number of hydrogen-bond donors (Lipinski definition) is 1. The molecule has 0 bridgehead atoms. The number of thiophene rings is 1. The number of carbonyl (C=O) groups is 1. The molecule has 2 heterocycles. The molecule has 26 heavy (non-hydrogen) atoms. The number of carbonyl (C=O) groups excluding carboxylic acids is 1. The summed E-state index contributed by atoms with van der Waals surface area (Å²) >= 11 is 3.01. The average molecular weight is 377 g/mol. The topological polar surface area (TPSA) is 54.9 Å². The van der Waals surface area contributed by atoms with Crippen LogP contribution in [0.5, 0.6) is 0 Å². The predicted octanol–water partition coefficient (Wildman–Crippen LogP) is 5.09. The van der Waals surface area contributed by atoms with Crippen molar-refractivity contribution in [3.63, 3.8) is 0 Å². The number of rotatable bonds is 5. The Kier molecular flexibility index (Phi) is 4.95. The first kappa shape index (κ1) is 16.8. The van der Waals surface area contributed by atoms with Crippen LogP contribution in [0.2, 0.25) is 0 Å². The zero-order chi connectivity index (χ0) is 17.8. The van der Waals surface area contributed by atoms with Crippen LogP contribution in [0.4, 0.5) is 5.69 Å². The number of amides is 1. The first-order chi connectivity index (χ1) is 12.8. The molecule has 0 aliphatic rings. The number of aromatic nitrogens is 2. The van der Waals surface area contributed by atoms with Crippen molar-refractivity contribution in [1.82, 2.24) is 10.2 Å². The fourth-order valence-electron chi connectivity index (χ4n) is 2.61. The molecule has 0 aliphatic carbocycles. The van der Waals surface area contributed by atoms with Crippen LogP contribution in [0.25, 0.3) is 21.3 Å². The summed E-state index contributed by atoms with van der Waals surface area (Å²) in [6.45, 7) is 0. The second-order valence-electron chi connectivity index (χ2n) is 5.60. The van der Waals surface area contributed by atoms with E-state index in [1.54, 1.807) is 11.3 Å². The number of benzene rings is 2. The minimum atomic E-state index is -0.0597. The van der Waals surface area contributed by atoms with E-state index in [0.29, 0.717) is 0 Å². The van der Waals surface area contributed by atoms with Crippen LogP contribution in [0.3, 0.4) is 0 Å². The molecule has 0 unspecified atom stereocenters. The number of nitrogens with one attached hydrogen (secondary N) is 1. The van der Waals surface area contributed by atoms with Crippen molar-refractivity contribution in [2.24, 2.45) is 0 Å². The first-order valence-corrected chi connectivity index (χ1v) is 9.94. The molecular formula is C20H15N3OS2. The maximum atomic E-state index is 12.3. The first-order valence-electron chi connectivity index (χ1n) is 8.07. The zero-order valence-corrected chi connectivity index (χ0v) is 15.4. The third-order valence-corrected chi connectivity index (χ3v) is 5.64. The van der Waals surface area contributed by atoms with Gasteiger partial charge in [-0.3, -0.25) is 4.79 Å². The molecule has 0 fully saturated rings. The van der Waals surface area contributed by atoms with Crippen molar-refractivity contribution in [3.8, 4) is 10.6 Å². The summed E-state index contributed by atoms with van der Waals surface area (Å²) in [5.74, 6) is 0.228. The van der Waals surface area contributed by atoms with Crippen molar-refractivity contribution in [2.75, 3.05) is 11.1 Å². The van der Waals surface area contributed by atoms with Gasteiger partial charge in [-0.2, -0.15) is 0 Å². The maximum Gasteiger partial charge on any atom is 0.234 e. The molecule has 0 saturated heterocycles. The third kappa shape index (κ3) is 3.76. The van der Waals surface area contributed by atoms with Gasteiger partial charge in [-0.1, -0.05) is 54.2 Å². The van der Waals surface area contributed by atoms with Gasteiger partial charge >= 0.3 is 0 Å². The van der Waals surface area contributed by atoms with E-state index in [1.807, 2.05) is 72.1 Å². The van der Waals surface area contributed by atoms with Crippen molar-refractivity contribution >= 4 is 45.5 Å². The number of anilines is 1. The molecule has 128 valence electrons. The predicted molar refractivity (Wildman–Crippen MR) is 109 cm³/mol. The van der Waals surface area contributed by atoms with Gasteiger partial charge in [-0.05, 0) is 35.0 Å². The molecule has 0 spiro atoms. The highest BCUT2D eigenvalue weighted by Gasteiger charge is 2.08. The Balaban J connectivity index is 1.39. The van der Waals surface area contributed by atoms with E-state index >= 15 is 0 Å². The lowest BCUT2D eigenvalue weighted by molar-refractivity contribution is -0.113. The summed E-state index contributed by atoms with van der Waals surface area (Å²) in [7, 11) is 0. The van der Waals surface area contributed by atoms with Crippen LogP contribution in [-0.2, 0) is 4.79 Å². The van der Waals surface area contributed by atoms with Gasteiger partial charge in [0.15, 0.2) is 0 Å². The molecule has 1 amide bonds. The van der Waals surface area contributed by atoms with E-state index in [0.717, 1.165) is 32.1 Å². The van der Waals surface area contributed by atoms with Gasteiger partial charge in [0.1, 0.15) is 10.7 Å². The largest absolute Gasteiger partial charge is 0.325 e. The molecular weight excluding hydrogens is 362 g/mol. The highest BCUT2D eigenvalue weighted by Crippen LogP contribution is 2.25. The van der Waals surface area contributed by atoms with E-state index in [1.165, 1.54) is 11.8 Å². The molecule has 1 N–H and O–H groups in total. The smallest absolute Gasteiger partial charge is 0.234 e. The van der Waals surface area contributed by atoms with E-state index in [9.17, 15) is 4.79 Å². The molecule has 2 aromatic heterocycles. The number of thioether (sulfide) groups is 1. The molecule has 4 nitrogen and oxygen atoms in total. The van der Waals surface area contributed by atoms with Crippen molar-refractivity contribution < 1.29 is 4.79 Å². The lowest BCUT2D eigenvalue weighted by Crippen LogP contribution is -2.14. The van der Waals surface area contributed by atoms with Gasteiger partial charge in [0.25, 0.3) is 0 Å². The van der Waals surface area contributed by atoms with Gasteiger partial charge < -0.3 is 5.32 Å². The number of nitrogens with zero attached hydrogens (tertiary/aromatic N) is 2. The van der Waals surface area contributed by atoms with E-state index < -0.39 is 0 Å². The van der Waals surface area contributed by atoms with Crippen molar-refractivity contribution in [2.45, 2.75) is 5.03 Å². The second-order valence-corrected chi connectivity index (χ2v) is 7.54. The fraction of sp³-hybridized carbons (Fsp3) is 0.0500. The van der Waals surface area contributed by atoms with Crippen LogP contribution in [0.15, 0.2) is 77.1 Å². The average Bonchev–Trinajstić information content (AvgIpc) is 3.22. The summed E-state index contributed by atoms with van der Waals surface area (Å²) in [5.41, 5.74) is 1.68. The Hall–Kier alpha value is -2.70. The van der Waals surface area contributed by atoms with Crippen LogP contribution >= 0.6 is 23.1 Å². The molecule has 6 heteroatoms. The van der Waals surface area contributed by atoms with Crippen LogP contribution in [0, 0.1) is 0 Å². The highest BCUT2D eigenvalue weighted by molar-refractivity contribution is 7.99. The molecule has 0 aliphatic heterocycles. The summed E-state index contributed by atoms with van der Waals surface area (Å²) < 4.78 is 0. The molecule has 2 aromatic carbocycles. The van der Waals surface area contributed by atoms with E-state index in [2.05, 4.69) is 15.5 Å². The van der Waals surface area contributed by atoms with Gasteiger partial charge in [0.2, 0.25) is 5.91 Å². The molecule has 0 radical (unpaired) electrons. The quantitative estimate of drug-likeness (QED) is 0.492. The Morgan fingerprint density at radius 2 is 1.85 bits per heavy atom. The van der Waals surface area contributed by atoms with Crippen molar-refractivity contribution in [1.29, 1.82) is 0 Å². The monoisotopic (exact) mass is 377 g/mol. The molecule has 4 rings (SSSR count). The molecule has 0 atom stereocenters. The normalized spacial score (nSPS) is 10.8. The minimum Gasteiger partial charge on any atom is -0.325 e. The standard InChI is InChI=1S/C20H15N3OS2/c24-19(21-16-8-3-6-14-5-1-2-7-15(14)16)13-26-20-11-10-17(22-23-20)18-9-4-12-25-18/h1-12H,13H2,(H,21,24). The Bertz CT molecular complexity index is 1030. The number of hydrogen-bond acceptors (Lipinski definition) is 5. The van der Waals surface area contributed by atoms with Crippen LogP contribution in [-0.4, -0.2) is 21.9 Å². The number of fused-ring (bicyclic) bond motifs is 1. The summed E-state index contributed by atoms with van der Waals surface area (Å²) in [5, 5.41) is 16.3. The lowest BCUT2D eigenvalue weighted by atomic mass is 10.1. The molecule has 0 saturated carbocycles. The SMILES string of the molecule is O=C(CSc1ccc(-c2cccs2)nn1)Nc1cccc2ccccc12. The van der Waals surface area contributed by atoms with E-state index in [4.69, 9.17) is 0 Å². The van der Waals surface area contributed by atoms with Gasteiger partial charge in [0, 0.05) is 11.1 Å². The van der Waals surface area contributed by atoms with Crippen LogP contribution in [0.1, 0.15) is 0 Å². The highest BCUT2D eigenvalue weighted by atomic mass is 32.2. The lowest BCUT2D eigenvalue weighted by Gasteiger charge is -2.08. The van der Waals surface area contributed by atoms with Crippen LogP contribution < -0.4 is 5.32 Å². The Morgan fingerprint density at radius 3 is 2.65 bits per heavy atom. The minimum absolute atomic E-state index is 0.0597.